The smallest absolute Gasteiger partial charge is 0.318 e. The fourth-order valence-electron chi connectivity index (χ4n) is 3.26. The van der Waals surface area contributed by atoms with E-state index in [-0.39, 0.29) is 30.8 Å². The fourth-order valence-corrected chi connectivity index (χ4v) is 3.26. The number of ether oxygens (including phenoxy) is 3. The lowest BCUT2D eigenvalue weighted by Crippen LogP contribution is -2.47. The van der Waals surface area contributed by atoms with Crippen molar-refractivity contribution in [2.24, 2.45) is 0 Å². The highest BCUT2D eigenvalue weighted by molar-refractivity contribution is 5.75. The van der Waals surface area contributed by atoms with Crippen LogP contribution in [0.25, 0.3) is 0 Å². The summed E-state index contributed by atoms with van der Waals surface area (Å²) in [6.45, 7) is 3.52. The molecule has 2 heterocycles. The van der Waals surface area contributed by atoms with Gasteiger partial charge in [0.05, 0.1) is 19.2 Å². The summed E-state index contributed by atoms with van der Waals surface area (Å²) in [5, 5.41) is 3.01. The molecule has 4 rings (SSSR count). The number of halogens is 1. The highest BCUT2D eigenvalue weighted by Gasteiger charge is 2.26. The quantitative estimate of drug-likeness (QED) is 0.897. The first-order valence-electron chi connectivity index (χ1n) is 8.92. The SMILES string of the molecule is CC(NC(=O)N1CCOC(c2ccc(F)cc2)C1)c1ccc2c(c1)OCO2. The zero-order chi connectivity index (χ0) is 18.8. The first kappa shape index (κ1) is 17.6. The molecule has 6 nitrogen and oxygen atoms in total. The van der Waals surface area contributed by atoms with Crippen LogP contribution in [0.2, 0.25) is 0 Å². The molecule has 0 spiro atoms. The minimum absolute atomic E-state index is 0.157. The number of urea groups is 1. The average molecular weight is 372 g/mol. The summed E-state index contributed by atoms with van der Waals surface area (Å²) in [5.74, 6) is 1.12. The van der Waals surface area contributed by atoms with E-state index in [0.717, 1.165) is 11.1 Å². The predicted molar refractivity (Wildman–Crippen MR) is 96.2 cm³/mol. The van der Waals surface area contributed by atoms with E-state index in [2.05, 4.69) is 5.32 Å². The van der Waals surface area contributed by atoms with Crippen LogP contribution in [0.5, 0.6) is 11.5 Å². The van der Waals surface area contributed by atoms with Gasteiger partial charge in [-0.2, -0.15) is 0 Å². The lowest BCUT2D eigenvalue weighted by molar-refractivity contribution is -0.0157. The second-order valence-electron chi connectivity index (χ2n) is 6.64. The topological polar surface area (TPSA) is 60.0 Å². The summed E-state index contributed by atoms with van der Waals surface area (Å²) >= 11 is 0. The first-order chi connectivity index (χ1) is 13.1. The third-order valence-electron chi connectivity index (χ3n) is 4.83. The van der Waals surface area contributed by atoms with Crippen LogP contribution in [0.1, 0.15) is 30.2 Å². The Bertz CT molecular complexity index is 827. The van der Waals surface area contributed by atoms with E-state index in [9.17, 15) is 9.18 Å². The Kier molecular flexibility index (Phi) is 4.85. The summed E-state index contributed by atoms with van der Waals surface area (Å²) in [6.07, 6.45) is -0.258. The van der Waals surface area contributed by atoms with Crippen LogP contribution in [0.3, 0.4) is 0 Å². The third-order valence-corrected chi connectivity index (χ3v) is 4.83. The van der Waals surface area contributed by atoms with Crippen molar-refractivity contribution in [3.05, 3.63) is 59.4 Å². The second-order valence-corrected chi connectivity index (χ2v) is 6.64. The van der Waals surface area contributed by atoms with Gasteiger partial charge in [-0.05, 0) is 42.3 Å². The van der Waals surface area contributed by atoms with Crippen molar-refractivity contribution in [1.82, 2.24) is 10.2 Å². The number of carbonyl (C=O) groups excluding carboxylic acids is 1. The zero-order valence-corrected chi connectivity index (χ0v) is 15.0. The predicted octanol–water partition coefficient (Wildman–Crippen LogP) is 3.40. The van der Waals surface area contributed by atoms with Gasteiger partial charge in [0.2, 0.25) is 6.79 Å². The van der Waals surface area contributed by atoms with Gasteiger partial charge in [-0.15, -0.1) is 0 Å². The van der Waals surface area contributed by atoms with Gasteiger partial charge in [-0.25, -0.2) is 9.18 Å². The van der Waals surface area contributed by atoms with Crippen LogP contribution in [0.15, 0.2) is 42.5 Å². The minimum Gasteiger partial charge on any atom is -0.454 e. The molecule has 7 heteroatoms. The molecule has 2 aromatic carbocycles. The van der Waals surface area contributed by atoms with E-state index in [1.54, 1.807) is 17.0 Å². The molecule has 0 radical (unpaired) electrons. The Morgan fingerprint density at radius 1 is 1.19 bits per heavy atom. The molecule has 2 atom stereocenters. The van der Waals surface area contributed by atoms with Gasteiger partial charge in [-0.1, -0.05) is 18.2 Å². The van der Waals surface area contributed by atoms with Crippen LogP contribution in [-0.4, -0.2) is 37.4 Å². The largest absolute Gasteiger partial charge is 0.454 e. The Labute approximate surface area is 156 Å². The van der Waals surface area contributed by atoms with Gasteiger partial charge < -0.3 is 24.4 Å². The molecule has 142 valence electrons. The number of hydrogen-bond acceptors (Lipinski definition) is 4. The van der Waals surface area contributed by atoms with E-state index >= 15 is 0 Å². The molecule has 0 saturated carbocycles. The maximum atomic E-state index is 13.1. The van der Waals surface area contributed by atoms with E-state index in [1.165, 1.54) is 12.1 Å². The van der Waals surface area contributed by atoms with Gasteiger partial charge in [0.1, 0.15) is 11.9 Å². The Hall–Kier alpha value is -2.80. The van der Waals surface area contributed by atoms with Crippen LogP contribution >= 0.6 is 0 Å². The Morgan fingerprint density at radius 2 is 1.96 bits per heavy atom. The maximum absolute atomic E-state index is 13.1. The number of carbonyl (C=O) groups is 1. The van der Waals surface area contributed by atoms with Crippen LogP contribution in [0.4, 0.5) is 9.18 Å². The van der Waals surface area contributed by atoms with Gasteiger partial charge in [0.25, 0.3) is 0 Å². The Morgan fingerprint density at radius 3 is 2.78 bits per heavy atom. The molecule has 2 aromatic rings. The summed E-state index contributed by atoms with van der Waals surface area (Å²) in [5.41, 5.74) is 1.80. The number of nitrogens with one attached hydrogen (secondary N) is 1. The summed E-state index contributed by atoms with van der Waals surface area (Å²) in [7, 11) is 0. The molecule has 0 bridgehead atoms. The number of fused-ring (bicyclic) bond motifs is 1. The van der Waals surface area contributed by atoms with E-state index < -0.39 is 0 Å². The zero-order valence-electron chi connectivity index (χ0n) is 15.0. The molecule has 2 aliphatic heterocycles. The van der Waals surface area contributed by atoms with Crippen molar-refractivity contribution in [3.8, 4) is 11.5 Å². The lowest BCUT2D eigenvalue weighted by atomic mass is 10.1. The van der Waals surface area contributed by atoms with Crippen molar-refractivity contribution < 1.29 is 23.4 Å². The highest BCUT2D eigenvalue weighted by atomic mass is 19.1. The number of rotatable bonds is 3. The molecular formula is C20H21FN2O4. The molecule has 0 aliphatic carbocycles. The number of morpholine rings is 1. The van der Waals surface area contributed by atoms with Crippen LogP contribution in [-0.2, 0) is 4.74 Å². The first-order valence-corrected chi connectivity index (χ1v) is 8.92. The molecule has 27 heavy (non-hydrogen) atoms. The number of hydrogen-bond donors (Lipinski definition) is 1. The molecule has 1 N–H and O–H groups in total. The average Bonchev–Trinajstić information content (AvgIpc) is 3.16. The monoisotopic (exact) mass is 372 g/mol. The molecule has 2 unspecified atom stereocenters. The molecule has 1 fully saturated rings. The third kappa shape index (κ3) is 3.83. The highest BCUT2D eigenvalue weighted by Crippen LogP contribution is 2.34. The second kappa shape index (κ2) is 7.44. The van der Waals surface area contributed by atoms with Gasteiger partial charge in [0, 0.05) is 6.54 Å². The van der Waals surface area contributed by atoms with Gasteiger partial charge in [-0.3, -0.25) is 0 Å². The molecule has 1 saturated heterocycles. The Balaban J connectivity index is 1.39. The van der Waals surface area contributed by atoms with E-state index in [1.807, 2.05) is 25.1 Å². The molecular weight excluding hydrogens is 351 g/mol. The normalized spacial score (nSPS) is 19.6. The number of nitrogens with zero attached hydrogens (tertiary/aromatic N) is 1. The molecule has 2 amide bonds. The van der Waals surface area contributed by atoms with E-state index in [4.69, 9.17) is 14.2 Å². The number of amides is 2. The van der Waals surface area contributed by atoms with Crippen molar-refractivity contribution in [2.45, 2.75) is 19.1 Å². The van der Waals surface area contributed by atoms with Crippen LogP contribution in [0, 0.1) is 5.82 Å². The number of benzene rings is 2. The van der Waals surface area contributed by atoms with E-state index in [0.29, 0.717) is 31.2 Å². The lowest BCUT2D eigenvalue weighted by Gasteiger charge is -2.34. The van der Waals surface area contributed by atoms with Crippen molar-refractivity contribution in [3.63, 3.8) is 0 Å². The maximum Gasteiger partial charge on any atom is 0.318 e. The molecule has 2 aliphatic rings. The standard InChI is InChI=1S/C20H21FN2O4/c1-13(15-4-7-17-18(10-15)27-12-26-17)22-20(24)23-8-9-25-19(11-23)14-2-5-16(21)6-3-14/h2-7,10,13,19H,8-9,11-12H2,1H3,(H,22,24). The minimum atomic E-state index is -0.290. The molecule has 0 aromatic heterocycles. The van der Waals surface area contributed by atoms with Gasteiger partial charge in [0.15, 0.2) is 11.5 Å². The fraction of sp³-hybridized carbons (Fsp3) is 0.350. The summed E-state index contributed by atoms with van der Waals surface area (Å²) in [6, 6.07) is 11.5. The van der Waals surface area contributed by atoms with Crippen molar-refractivity contribution in [2.75, 3.05) is 26.5 Å². The van der Waals surface area contributed by atoms with Gasteiger partial charge >= 0.3 is 6.03 Å². The van der Waals surface area contributed by atoms with Crippen molar-refractivity contribution >= 4 is 6.03 Å². The summed E-state index contributed by atoms with van der Waals surface area (Å²) in [4.78, 5) is 14.4. The van der Waals surface area contributed by atoms with Crippen molar-refractivity contribution in [1.29, 1.82) is 0 Å². The summed E-state index contributed by atoms with van der Waals surface area (Å²) < 4.78 is 29.6. The van der Waals surface area contributed by atoms with Crippen LogP contribution < -0.4 is 14.8 Å².